The summed E-state index contributed by atoms with van der Waals surface area (Å²) >= 11 is 0. The minimum Gasteiger partial charge on any atom is -0.462 e. The van der Waals surface area contributed by atoms with Crippen molar-refractivity contribution in [1.82, 2.24) is 0 Å². The molecule has 0 aliphatic heterocycles. The molecule has 0 aromatic carbocycles. The minimum atomic E-state index is -0.779. The smallest absolute Gasteiger partial charge is 0.306 e. The number of hydrogen-bond acceptors (Lipinski definition) is 5. The molecule has 0 fully saturated rings. The largest absolute Gasteiger partial charge is 0.462 e. The van der Waals surface area contributed by atoms with Crippen molar-refractivity contribution in [2.24, 2.45) is 0 Å². The first-order valence-corrected chi connectivity index (χ1v) is 27.2. The zero-order chi connectivity index (χ0) is 44.9. The van der Waals surface area contributed by atoms with Crippen LogP contribution >= 0.6 is 0 Å². The van der Waals surface area contributed by atoms with Gasteiger partial charge in [-0.3, -0.25) is 9.59 Å². The van der Waals surface area contributed by atoms with Crippen LogP contribution in [0.5, 0.6) is 0 Å². The van der Waals surface area contributed by atoms with E-state index in [-0.39, 0.29) is 25.2 Å². The van der Waals surface area contributed by atoms with E-state index < -0.39 is 6.10 Å². The number of allylic oxidation sites excluding steroid dienone is 8. The molecule has 0 spiro atoms. The van der Waals surface area contributed by atoms with E-state index in [1.807, 2.05) is 0 Å². The number of rotatable bonds is 50. The zero-order valence-electron chi connectivity index (χ0n) is 41.4. The van der Waals surface area contributed by atoms with Gasteiger partial charge in [-0.05, 0) is 77.0 Å². The van der Waals surface area contributed by atoms with Gasteiger partial charge in [0.2, 0.25) is 0 Å². The van der Waals surface area contributed by atoms with Crippen molar-refractivity contribution >= 4 is 11.9 Å². The lowest BCUT2D eigenvalue weighted by Gasteiger charge is -2.15. The Morgan fingerprint density at radius 3 is 1.02 bits per heavy atom. The monoisotopic (exact) mass is 869 g/mol. The molecule has 5 nitrogen and oxygen atoms in total. The van der Waals surface area contributed by atoms with Gasteiger partial charge in [-0.1, -0.05) is 242 Å². The standard InChI is InChI=1S/C57H104O5/c1-3-5-7-9-11-13-15-17-19-21-23-24-25-26-27-28-29-30-31-32-34-35-37-39-41-43-45-47-49-51-56(59)61-54-55(53-58)62-57(60)52-50-48-46-44-42-40-38-36-33-22-20-18-16-14-12-10-8-6-4-2/h12,14,18,20-21,23,33,36,55,58H,3-11,13,15-17,19,22,24-32,34-35,37-54H2,1-2H3/b14-12-,20-18-,23-21-,36-33-. The first-order chi connectivity index (χ1) is 30.6. The lowest BCUT2D eigenvalue weighted by molar-refractivity contribution is -0.161. The number of aliphatic hydroxyl groups is 1. The van der Waals surface area contributed by atoms with Crippen LogP contribution in [0.15, 0.2) is 48.6 Å². The Labute approximate surface area is 386 Å². The van der Waals surface area contributed by atoms with Gasteiger partial charge in [0, 0.05) is 12.8 Å². The van der Waals surface area contributed by atoms with Crippen molar-refractivity contribution in [3.63, 3.8) is 0 Å². The number of unbranched alkanes of at least 4 members (excludes halogenated alkanes) is 34. The molecule has 0 saturated carbocycles. The van der Waals surface area contributed by atoms with E-state index in [1.165, 1.54) is 199 Å². The fraction of sp³-hybridized carbons (Fsp3) is 0.825. The van der Waals surface area contributed by atoms with Crippen molar-refractivity contribution in [2.75, 3.05) is 13.2 Å². The molecule has 0 radical (unpaired) electrons. The van der Waals surface area contributed by atoms with Gasteiger partial charge in [0.15, 0.2) is 6.10 Å². The first kappa shape index (κ1) is 59.9. The molecular weight excluding hydrogens is 765 g/mol. The molecule has 0 heterocycles. The average Bonchev–Trinajstić information content (AvgIpc) is 3.28. The minimum absolute atomic E-state index is 0.0694. The van der Waals surface area contributed by atoms with Gasteiger partial charge in [0.05, 0.1) is 6.61 Å². The predicted octanol–water partition coefficient (Wildman–Crippen LogP) is 18.1. The van der Waals surface area contributed by atoms with Crippen LogP contribution in [0.2, 0.25) is 0 Å². The van der Waals surface area contributed by atoms with Crippen molar-refractivity contribution < 1.29 is 24.2 Å². The lowest BCUT2D eigenvalue weighted by atomic mass is 10.0. The second-order valence-corrected chi connectivity index (χ2v) is 18.3. The van der Waals surface area contributed by atoms with Crippen LogP contribution in [0.4, 0.5) is 0 Å². The van der Waals surface area contributed by atoms with Gasteiger partial charge in [-0.15, -0.1) is 0 Å². The zero-order valence-corrected chi connectivity index (χ0v) is 41.4. The number of ether oxygens (including phenoxy) is 2. The number of hydrogen-bond donors (Lipinski definition) is 1. The van der Waals surface area contributed by atoms with Gasteiger partial charge < -0.3 is 14.6 Å². The number of aliphatic hydroxyl groups excluding tert-OH is 1. The molecule has 0 bridgehead atoms. The van der Waals surface area contributed by atoms with E-state index in [0.29, 0.717) is 12.8 Å². The molecule has 0 rings (SSSR count). The Morgan fingerprint density at radius 2 is 0.645 bits per heavy atom. The molecular formula is C57H104O5. The van der Waals surface area contributed by atoms with Gasteiger partial charge in [0.1, 0.15) is 6.61 Å². The van der Waals surface area contributed by atoms with Crippen molar-refractivity contribution in [3.8, 4) is 0 Å². The highest BCUT2D eigenvalue weighted by Gasteiger charge is 2.16. The molecule has 0 aliphatic rings. The predicted molar refractivity (Wildman–Crippen MR) is 270 cm³/mol. The summed E-state index contributed by atoms with van der Waals surface area (Å²) in [7, 11) is 0. The molecule has 1 unspecified atom stereocenters. The SMILES string of the molecule is CCCCC/C=C\C/C=C\C/C=C\CCCCCCCCC(=O)OC(CO)COC(=O)CCCCCCCCCCCCCCCCCCC/C=C\CCCCCCCCCC. The Balaban J connectivity index is 3.46. The molecule has 0 aromatic rings. The first-order valence-electron chi connectivity index (χ1n) is 27.2. The Morgan fingerprint density at radius 1 is 0.371 bits per heavy atom. The highest BCUT2D eigenvalue weighted by Crippen LogP contribution is 2.16. The summed E-state index contributed by atoms with van der Waals surface area (Å²) in [6.45, 7) is 4.13. The fourth-order valence-electron chi connectivity index (χ4n) is 7.97. The Hall–Kier alpha value is -2.14. The molecule has 362 valence electrons. The summed E-state index contributed by atoms with van der Waals surface area (Å²) in [5.41, 5.74) is 0. The summed E-state index contributed by atoms with van der Waals surface area (Å²) in [6, 6.07) is 0. The average molecular weight is 869 g/mol. The van der Waals surface area contributed by atoms with Crippen LogP contribution in [0.1, 0.15) is 284 Å². The van der Waals surface area contributed by atoms with Gasteiger partial charge >= 0.3 is 11.9 Å². The number of carbonyl (C=O) groups is 2. The van der Waals surface area contributed by atoms with Crippen LogP contribution in [0.25, 0.3) is 0 Å². The van der Waals surface area contributed by atoms with Crippen LogP contribution < -0.4 is 0 Å². The fourth-order valence-corrected chi connectivity index (χ4v) is 7.97. The van der Waals surface area contributed by atoms with E-state index >= 15 is 0 Å². The maximum Gasteiger partial charge on any atom is 0.306 e. The quantitative estimate of drug-likeness (QED) is 0.0375. The molecule has 1 atom stereocenters. The third-order valence-electron chi connectivity index (χ3n) is 12.1. The van der Waals surface area contributed by atoms with E-state index in [1.54, 1.807) is 0 Å². The third-order valence-corrected chi connectivity index (χ3v) is 12.1. The van der Waals surface area contributed by atoms with Crippen LogP contribution in [0.3, 0.4) is 0 Å². The maximum atomic E-state index is 12.3. The molecule has 0 aromatic heterocycles. The molecule has 0 saturated heterocycles. The number of carbonyl (C=O) groups excluding carboxylic acids is 2. The summed E-state index contributed by atoms with van der Waals surface area (Å²) in [5, 5.41) is 9.63. The van der Waals surface area contributed by atoms with E-state index in [0.717, 1.165) is 57.8 Å². The van der Waals surface area contributed by atoms with Gasteiger partial charge in [-0.2, -0.15) is 0 Å². The normalized spacial score (nSPS) is 12.5. The van der Waals surface area contributed by atoms with Crippen LogP contribution in [-0.4, -0.2) is 36.4 Å². The van der Waals surface area contributed by atoms with E-state index in [2.05, 4.69) is 62.5 Å². The van der Waals surface area contributed by atoms with Crippen LogP contribution in [-0.2, 0) is 19.1 Å². The molecule has 0 aliphatic carbocycles. The van der Waals surface area contributed by atoms with E-state index in [9.17, 15) is 14.7 Å². The van der Waals surface area contributed by atoms with Crippen molar-refractivity contribution in [2.45, 2.75) is 290 Å². The molecule has 62 heavy (non-hydrogen) atoms. The summed E-state index contributed by atoms with van der Waals surface area (Å²) in [5.74, 6) is -0.595. The highest BCUT2D eigenvalue weighted by atomic mass is 16.6. The second-order valence-electron chi connectivity index (χ2n) is 18.3. The molecule has 0 amide bonds. The summed E-state index contributed by atoms with van der Waals surface area (Å²) in [6.07, 6.45) is 69.3. The molecule has 5 heteroatoms. The highest BCUT2D eigenvalue weighted by molar-refractivity contribution is 5.70. The van der Waals surface area contributed by atoms with Crippen LogP contribution in [0, 0.1) is 0 Å². The van der Waals surface area contributed by atoms with E-state index in [4.69, 9.17) is 9.47 Å². The van der Waals surface area contributed by atoms with Crippen molar-refractivity contribution in [1.29, 1.82) is 0 Å². The Kier molecular flexibility index (Phi) is 51.4. The summed E-state index contributed by atoms with van der Waals surface area (Å²) < 4.78 is 10.7. The summed E-state index contributed by atoms with van der Waals surface area (Å²) in [4.78, 5) is 24.5. The van der Waals surface area contributed by atoms with Gasteiger partial charge in [-0.25, -0.2) is 0 Å². The second kappa shape index (κ2) is 53.2. The van der Waals surface area contributed by atoms with Gasteiger partial charge in [0.25, 0.3) is 0 Å². The maximum absolute atomic E-state index is 12.3. The lowest BCUT2D eigenvalue weighted by Crippen LogP contribution is -2.28. The molecule has 1 N–H and O–H groups in total. The number of esters is 2. The Bertz CT molecular complexity index is 1030. The van der Waals surface area contributed by atoms with Crippen molar-refractivity contribution in [3.05, 3.63) is 48.6 Å². The topological polar surface area (TPSA) is 72.8 Å². The third kappa shape index (κ3) is 50.5.